The van der Waals surface area contributed by atoms with E-state index >= 15 is 0 Å². The van der Waals surface area contributed by atoms with E-state index in [-0.39, 0.29) is 11.9 Å². The van der Waals surface area contributed by atoms with Crippen molar-refractivity contribution in [3.8, 4) is 0 Å². The van der Waals surface area contributed by atoms with Gasteiger partial charge in [0.2, 0.25) is 0 Å². The molecule has 0 aliphatic rings. The second-order valence-electron chi connectivity index (χ2n) is 4.34. The first-order valence-electron chi connectivity index (χ1n) is 6.09. The van der Waals surface area contributed by atoms with Crippen molar-refractivity contribution in [3.05, 3.63) is 54.1 Å². The van der Waals surface area contributed by atoms with E-state index in [1.807, 2.05) is 13.0 Å². The number of carbonyl (C=O) groups excluding carboxylic acids is 1. The van der Waals surface area contributed by atoms with E-state index in [9.17, 15) is 9.18 Å². The molecule has 0 aliphatic carbocycles. The quantitative estimate of drug-likeness (QED) is 0.802. The van der Waals surface area contributed by atoms with Crippen LogP contribution in [0, 0.1) is 5.82 Å². The number of anilines is 2. The summed E-state index contributed by atoms with van der Waals surface area (Å²) < 4.78 is 12.8. The van der Waals surface area contributed by atoms with Gasteiger partial charge in [-0.1, -0.05) is 6.07 Å². The van der Waals surface area contributed by atoms with Crippen molar-refractivity contribution in [2.75, 3.05) is 10.6 Å². The van der Waals surface area contributed by atoms with E-state index in [2.05, 4.69) is 15.6 Å². The number of aromatic nitrogens is 1. The Kier molecular flexibility index (Phi) is 4.14. The zero-order valence-corrected chi connectivity index (χ0v) is 10.9. The maximum Gasteiger partial charge on any atom is 0.316 e. The first kappa shape index (κ1) is 13.8. The number of nitrogens with zero attached hydrogens (tertiary/aromatic N) is 1. The molecule has 0 radical (unpaired) electrons. The molecule has 6 heteroatoms. The van der Waals surface area contributed by atoms with Gasteiger partial charge in [0.25, 0.3) is 0 Å². The largest absolute Gasteiger partial charge is 0.377 e. The van der Waals surface area contributed by atoms with Gasteiger partial charge in [0.1, 0.15) is 5.82 Å². The third-order valence-electron chi connectivity index (χ3n) is 2.71. The number of halogens is 1. The van der Waals surface area contributed by atoms with Crippen LogP contribution in [0.3, 0.4) is 0 Å². The number of nitrogens with two attached hydrogens (primary N) is 1. The first-order valence-corrected chi connectivity index (χ1v) is 6.09. The molecule has 0 fully saturated rings. The zero-order chi connectivity index (χ0) is 14.5. The van der Waals surface area contributed by atoms with Gasteiger partial charge in [-0.05, 0) is 37.3 Å². The number of nitrogens with one attached hydrogen (secondary N) is 2. The van der Waals surface area contributed by atoms with Gasteiger partial charge < -0.3 is 16.4 Å². The van der Waals surface area contributed by atoms with Crippen LogP contribution in [0.2, 0.25) is 0 Å². The van der Waals surface area contributed by atoms with Gasteiger partial charge in [0.15, 0.2) is 0 Å². The molecule has 0 saturated carbocycles. The first-order chi connectivity index (χ1) is 9.54. The smallest absolute Gasteiger partial charge is 0.316 e. The van der Waals surface area contributed by atoms with Crippen LogP contribution in [0.15, 0.2) is 42.6 Å². The van der Waals surface area contributed by atoms with Gasteiger partial charge >= 0.3 is 6.03 Å². The Balaban J connectivity index is 2.09. The summed E-state index contributed by atoms with van der Waals surface area (Å²) in [5.74, 6) is -0.367. The van der Waals surface area contributed by atoms with Gasteiger partial charge in [0.05, 0.1) is 17.9 Å². The molecule has 20 heavy (non-hydrogen) atoms. The summed E-state index contributed by atoms with van der Waals surface area (Å²) in [7, 11) is 0. The van der Waals surface area contributed by atoms with E-state index in [0.29, 0.717) is 5.69 Å². The van der Waals surface area contributed by atoms with E-state index in [4.69, 9.17) is 5.73 Å². The summed E-state index contributed by atoms with van der Waals surface area (Å²) in [4.78, 5) is 14.8. The fourth-order valence-electron chi connectivity index (χ4n) is 1.80. The van der Waals surface area contributed by atoms with E-state index < -0.39 is 6.03 Å². The maximum absolute atomic E-state index is 12.8. The van der Waals surface area contributed by atoms with Crippen LogP contribution in [-0.4, -0.2) is 11.0 Å². The molecule has 4 N–H and O–H groups in total. The molecule has 5 nitrogen and oxygen atoms in total. The molecule has 1 unspecified atom stereocenters. The molecule has 0 saturated heterocycles. The van der Waals surface area contributed by atoms with Gasteiger partial charge in [-0.25, -0.2) is 9.18 Å². The number of amides is 2. The predicted molar refractivity (Wildman–Crippen MR) is 75.9 cm³/mol. The molecular weight excluding hydrogens is 259 g/mol. The van der Waals surface area contributed by atoms with Crippen molar-refractivity contribution in [1.29, 1.82) is 0 Å². The highest BCUT2D eigenvalue weighted by molar-refractivity contribution is 5.88. The standard InChI is InChI=1S/C14H15FN4O/c1-9(13-6-5-10(15)8-17-13)18-11-3-2-4-12(7-11)19-14(16)20/h2-9,18H,1H3,(H3,16,19,20). The van der Waals surface area contributed by atoms with Gasteiger partial charge in [-0.2, -0.15) is 0 Å². The Bertz CT molecular complexity index is 600. The van der Waals surface area contributed by atoms with Crippen molar-refractivity contribution < 1.29 is 9.18 Å². The van der Waals surface area contributed by atoms with Gasteiger partial charge in [-0.15, -0.1) is 0 Å². The summed E-state index contributed by atoms with van der Waals surface area (Å²) in [6, 6.07) is 9.41. The summed E-state index contributed by atoms with van der Waals surface area (Å²) in [5, 5.41) is 5.71. The average molecular weight is 274 g/mol. The lowest BCUT2D eigenvalue weighted by Crippen LogP contribution is -2.19. The summed E-state index contributed by atoms with van der Waals surface area (Å²) in [6.07, 6.45) is 1.18. The molecule has 1 atom stereocenters. The molecule has 104 valence electrons. The number of carbonyl (C=O) groups is 1. The van der Waals surface area contributed by atoms with Gasteiger partial charge in [-0.3, -0.25) is 4.98 Å². The number of hydrogen-bond donors (Lipinski definition) is 3. The molecule has 2 aromatic rings. The Hall–Kier alpha value is -2.63. The number of benzene rings is 1. The van der Waals surface area contributed by atoms with Crippen molar-refractivity contribution in [2.45, 2.75) is 13.0 Å². The van der Waals surface area contributed by atoms with Crippen molar-refractivity contribution in [2.24, 2.45) is 5.73 Å². The fraction of sp³-hybridized carbons (Fsp3) is 0.143. The van der Waals surface area contributed by atoms with Crippen LogP contribution < -0.4 is 16.4 Å². The highest BCUT2D eigenvalue weighted by atomic mass is 19.1. The SMILES string of the molecule is CC(Nc1cccc(NC(N)=O)c1)c1ccc(F)cn1. The molecular formula is C14H15FN4O. The van der Waals surface area contributed by atoms with Crippen LogP contribution in [0.4, 0.5) is 20.6 Å². The Morgan fingerprint density at radius 1 is 1.30 bits per heavy atom. The lowest BCUT2D eigenvalue weighted by atomic mass is 10.2. The van der Waals surface area contributed by atoms with Gasteiger partial charge in [0, 0.05) is 11.4 Å². The zero-order valence-electron chi connectivity index (χ0n) is 10.9. The molecule has 0 bridgehead atoms. The summed E-state index contributed by atoms with van der Waals surface area (Å²) >= 11 is 0. The van der Waals surface area contributed by atoms with Crippen LogP contribution in [0.5, 0.6) is 0 Å². The number of hydrogen-bond acceptors (Lipinski definition) is 3. The Morgan fingerprint density at radius 2 is 2.05 bits per heavy atom. The molecule has 0 spiro atoms. The van der Waals surface area contributed by atoms with Crippen molar-refractivity contribution >= 4 is 17.4 Å². The monoisotopic (exact) mass is 274 g/mol. The van der Waals surface area contributed by atoms with Crippen LogP contribution in [0.25, 0.3) is 0 Å². The van der Waals surface area contributed by atoms with Crippen molar-refractivity contribution in [1.82, 2.24) is 4.98 Å². The average Bonchev–Trinajstić information content (AvgIpc) is 2.39. The minimum Gasteiger partial charge on any atom is -0.377 e. The summed E-state index contributed by atoms with van der Waals surface area (Å²) in [6.45, 7) is 1.91. The molecule has 2 amide bonds. The lowest BCUT2D eigenvalue weighted by molar-refractivity contribution is 0.259. The number of rotatable bonds is 4. The van der Waals surface area contributed by atoms with E-state index in [1.54, 1.807) is 24.3 Å². The molecule has 0 aliphatic heterocycles. The highest BCUT2D eigenvalue weighted by Gasteiger charge is 2.07. The predicted octanol–water partition coefficient (Wildman–Crippen LogP) is 2.88. The second-order valence-corrected chi connectivity index (χ2v) is 4.34. The summed E-state index contributed by atoms with van der Waals surface area (Å²) in [5.41, 5.74) is 7.19. The molecule has 1 aromatic heterocycles. The fourth-order valence-corrected chi connectivity index (χ4v) is 1.80. The molecule has 1 aromatic carbocycles. The normalized spacial score (nSPS) is 11.7. The minimum absolute atomic E-state index is 0.0978. The third kappa shape index (κ3) is 3.68. The maximum atomic E-state index is 12.8. The minimum atomic E-state index is -0.615. The third-order valence-corrected chi connectivity index (χ3v) is 2.71. The van der Waals surface area contributed by atoms with E-state index in [0.717, 1.165) is 11.4 Å². The number of pyridine rings is 1. The molecule has 1 heterocycles. The lowest BCUT2D eigenvalue weighted by Gasteiger charge is -2.15. The number of urea groups is 1. The van der Waals surface area contributed by atoms with Crippen LogP contribution in [-0.2, 0) is 0 Å². The topological polar surface area (TPSA) is 80.0 Å². The Morgan fingerprint density at radius 3 is 2.70 bits per heavy atom. The van der Waals surface area contributed by atoms with Crippen LogP contribution >= 0.6 is 0 Å². The second kappa shape index (κ2) is 6.01. The van der Waals surface area contributed by atoms with E-state index in [1.165, 1.54) is 12.3 Å². The van der Waals surface area contributed by atoms with Crippen LogP contribution in [0.1, 0.15) is 18.7 Å². The Labute approximate surface area is 116 Å². The number of primary amides is 1. The van der Waals surface area contributed by atoms with Crippen molar-refractivity contribution in [3.63, 3.8) is 0 Å². The molecule has 2 rings (SSSR count). The highest BCUT2D eigenvalue weighted by Crippen LogP contribution is 2.20.